The molecule has 1 saturated heterocycles. The van der Waals surface area contributed by atoms with Crippen LogP contribution in [0.25, 0.3) is 0 Å². The highest BCUT2D eigenvalue weighted by Gasteiger charge is 2.29. The van der Waals surface area contributed by atoms with Gasteiger partial charge in [-0.05, 0) is 33.6 Å². The minimum atomic E-state index is -0.241. The highest BCUT2D eigenvalue weighted by Crippen LogP contribution is 2.21. The Morgan fingerprint density at radius 3 is 2.50 bits per heavy atom. The van der Waals surface area contributed by atoms with Crippen LogP contribution in [-0.4, -0.2) is 35.4 Å². The van der Waals surface area contributed by atoms with Crippen LogP contribution in [0.3, 0.4) is 0 Å². The van der Waals surface area contributed by atoms with Crippen LogP contribution in [-0.2, 0) is 4.79 Å². The van der Waals surface area contributed by atoms with Crippen LogP contribution in [0.2, 0.25) is 0 Å². The van der Waals surface area contributed by atoms with Crippen molar-refractivity contribution in [2.24, 2.45) is 22.4 Å². The molecule has 1 heterocycles. The van der Waals surface area contributed by atoms with E-state index in [1.165, 1.54) is 0 Å². The minimum Gasteiger partial charge on any atom is -0.370 e. The number of guanidine groups is 1. The SMILES string of the molecule is CC(C)N=C(N)N1CC(C(N)=O)CCC1C. The number of rotatable bonds is 2. The zero-order chi connectivity index (χ0) is 12.3. The first kappa shape index (κ1) is 12.8. The molecular weight excluding hydrogens is 204 g/mol. The summed E-state index contributed by atoms with van der Waals surface area (Å²) in [5, 5.41) is 0. The first-order chi connectivity index (χ1) is 7.41. The fraction of sp³-hybridized carbons (Fsp3) is 0.818. The van der Waals surface area contributed by atoms with E-state index in [4.69, 9.17) is 11.5 Å². The Morgan fingerprint density at radius 2 is 2.00 bits per heavy atom. The molecule has 0 radical (unpaired) electrons. The number of nitrogens with two attached hydrogens (primary N) is 2. The van der Waals surface area contributed by atoms with Crippen molar-refractivity contribution in [2.75, 3.05) is 6.54 Å². The summed E-state index contributed by atoms with van der Waals surface area (Å²) >= 11 is 0. The zero-order valence-electron chi connectivity index (χ0n) is 10.3. The Labute approximate surface area is 96.9 Å². The van der Waals surface area contributed by atoms with E-state index in [0.717, 1.165) is 12.8 Å². The molecule has 5 nitrogen and oxygen atoms in total. The van der Waals surface area contributed by atoms with Gasteiger partial charge in [-0.1, -0.05) is 0 Å². The molecule has 92 valence electrons. The Balaban J connectivity index is 2.73. The average molecular weight is 226 g/mol. The molecule has 0 bridgehead atoms. The lowest BCUT2D eigenvalue weighted by Gasteiger charge is -2.37. The van der Waals surface area contributed by atoms with Gasteiger partial charge in [-0.2, -0.15) is 0 Å². The largest absolute Gasteiger partial charge is 0.370 e. The molecule has 1 amide bonds. The number of primary amides is 1. The van der Waals surface area contributed by atoms with Gasteiger partial charge in [0.2, 0.25) is 5.91 Å². The predicted molar refractivity (Wildman–Crippen MR) is 64.8 cm³/mol. The fourth-order valence-corrected chi connectivity index (χ4v) is 2.00. The quantitative estimate of drug-likeness (QED) is 0.524. The summed E-state index contributed by atoms with van der Waals surface area (Å²) in [5.41, 5.74) is 11.3. The second kappa shape index (κ2) is 5.18. The number of aliphatic imine (C=N–C) groups is 1. The number of nitrogens with zero attached hydrogens (tertiary/aromatic N) is 2. The summed E-state index contributed by atoms with van der Waals surface area (Å²) in [6.07, 6.45) is 1.78. The van der Waals surface area contributed by atoms with Crippen LogP contribution in [0.1, 0.15) is 33.6 Å². The van der Waals surface area contributed by atoms with Gasteiger partial charge in [0.05, 0.1) is 5.92 Å². The molecule has 0 aliphatic carbocycles. The van der Waals surface area contributed by atoms with Gasteiger partial charge in [0.1, 0.15) is 0 Å². The number of amides is 1. The van der Waals surface area contributed by atoms with Crippen LogP contribution in [0.4, 0.5) is 0 Å². The summed E-state index contributed by atoms with van der Waals surface area (Å²) in [6, 6.07) is 0.499. The van der Waals surface area contributed by atoms with Crippen molar-refractivity contribution in [3.63, 3.8) is 0 Å². The van der Waals surface area contributed by atoms with Crippen LogP contribution in [0.15, 0.2) is 4.99 Å². The van der Waals surface area contributed by atoms with Gasteiger partial charge in [-0.15, -0.1) is 0 Å². The minimum absolute atomic E-state index is 0.0999. The molecule has 5 heteroatoms. The Bertz CT molecular complexity index is 288. The van der Waals surface area contributed by atoms with Gasteiger partial charge in [-0.3, -0.25) is 9.79 Å². The van der Waals surface area contributed by atoms with Crippen LogP contribution in [0, 0.1) is 5.92 Å². The molecule has 0 aromatic carbocycles. The van der Waals surface area contributed by atoms with Crippen molar-refractivity contribution in [3.05, 3.63) is 0 Å². The third kappa shape index (κ3) is 3.12. The maximum absolute atomic E-state index is 11.2. The van der Waals surface area contributed by atoms with Gasteiger partial charge in [0.15, 0.2) is 5.96 Å². The number of hydrogen-bond acceptors (Lipinski definition) is 2. The van der Waals surface area contributed by atoms with Gasteiger partial charge < -0.3 is 16.4 Å². The van der Waals surface area contributed by atoms with Gasteiger partial charge >= 0.3 is 0 Å². The Kier molecular flexibility index (Phi) is 4.15. The molecule has 2 atom stereocenters. The summed E-state index contributed by atoms with van der Waals surface area (Å²) in [4.78, 5) is 17.5. The number of likely N-dealkylation sites (tertiary alicyclic amines) is 1. The highest BCUT2D eigenvalue weighted by atomic mass is 16.1. The fourth-order valence-electron chi connectivity index (χ4n) is 2.00. The average Bonchev–Trinajstić information content (AvgIpc) is 2.16. The monoisotopic (exact) mass is 226 g/mol. The van der Waals surface area contributed by atoms with Crippen molar-refractivity contribution >= 4 is 11.9 Å². The lowest BCUT2D eigenvalue weighted by Crippen LogP contribution is -2.51. The maximum atomic E-state index is 11.2. The third-order valence-corrected chi connectivity index (χ3v) is 2.97. The predicted octanol–water partition coefficient (Wildman–Crippen LogP) is 0.295. The molecule has 16 heavy (non-hydrogen) atoms. The highest BCUT2D eigenvalue weighted by molar-refractivity contribution is 5.81. The first-order valence-electron chi connectivity index (χ1n) is 5.81. The third-order valence-electron chi connectivity index (χ3n) is 2.97. The maximum Gasteiger partial charge on any atom is 0.222 e. The van der Waals surface area contributed by atoms with E-state index >= 15 is 0 Å². The van der Waals surface area contributed by atoms with E-state index in [-0.39, 0.29) is 17.9 Å². The molecule has 0 aromatic heterocycles. The molecule has 0 spiro atoms. The second-order valence-corrected chi connectivity index (χ2v) is 4.76. The molecule has 2 unspecified atom stereocenters. The summed E-state index contributed by atoms with van der Waals surface area (Å²) < 4.78 is 0. The van der Waals surface area contributed by atoms with Gasteiger partial charge in [0.25, 0.3) is 0 Å². The van der Waals surface area contributed by atoms with E-state index < -0.39 is 0 Å². The lowest BCUT2D eigenvalue weighted by molar-refractivity contribution is -0.123. The molecule has 1 fully saturated rings. The van der Waals surface area contributed by atoms with Crippen LogP contribution < -0.4 is 11.5 Å². The van der Waals surface area contributed by atoms with E-state index in [1.54, 1.807) is 0 Å². The standard InChI is InChI=1S/C11H22N4O/c1-7(2)14-11(13)15-6-9(10(12)16)5-4-8(15)3/h7-9H,4-6H2,1-3H3,(H2,12,16)(H2,13,14). The Hall–Kier alpha value is -1.26. The molecule has 1 aliphatic rings. The smallest absolute Gasteiger partial charge is 0.222 e. The summed E-state index contributed by atoms with van der Waals surface area (Å²) in [7, 11) is 0. The van der Waals surface area contributed by atoms with Crippen molar-refractivity contribution in [2.45, 2.75) is 45.7 Å². The molecule has 0 saturated carbocycles. The molecule has 1 rings (SSSR count). The van der Waals surface area contributed by atoms with Crippen molar-refractivity contribution in [1.29, 1.82) is 0 Å². The lowest BCUT2D eigenvalue weighted by atomic mass is 9.93. The van der Waals surface area contributed by atoms with E-state index in [0.29, 0.717) is 18.5 Å². The number of hydrogen-bond donors (Lipinski definition) is 2. The second-order valence-electron chi connectivity index (χ2n) is 4.76. The molecular formula is C11H22N4O. The summed E-state index contributed by atoms with van der Waals surface area (Å²) in [6.45, 7) is 6.65. The van der Waals surface area contributed by atoms with Crippen LogP contribution in [0.5, 0.6) is 0 Å². The van der Waals surface area contributed by atoms with Crippen molar-refractivity contribution in [3.8, 4) is 0 Å². The topological polar surface area (TPSA) is 84.7 Å². The summed E-state index contributed by atoms with van der Waals surface area (Å²) in [5.74, 6) is 0.180. The normalized spacial score (nSPS) is 27.2. The first-order valence-corrected chi connectivity index (χ1v) is 5.81. The molecule has 4 N–H and O–H groups in total. The molecule has 0 aromatic rings. The van der Waals surface area contributed by atoms with E-state index in [2.05, 4.69) is 11.9 Å². The van der Waals surface area contributed by atoms with Crippen LogP contribution >= 0.6 is 0 Å². The van der Waals surface area contributed by atoms with Crippen molar-refractivity contribution in [1.82, 2.24) is 4.90 Å². The zero-order valence-corrected chi connectivity index (χ0v) is 10.3. The Morgan fingerprint density at radius 1 is 1.38 bits per heavy atom. The van der Waals surface area contributed by atoms with Gasteiger partial charge in [0, 0.05) is 18.6 Å². The van der Waals surface area contributed by atoms with E-state index in [9.17, 15) is 4.79 Å². The number of carbonyl (C=O) groups excluding carboxylic acids is 1. The number of carbonyl (C=O) groups is 1. The molecule has 1 aliphatic heterocycles. The van der Waals surface area contributed by atoms with Crippen molar-refractivity contribution < 1.29 is 4.79 Å². The van der Waals surface area contributed by atoms with Gasteiger partial charge in [-0.25, -0.2) is 0 Å². The number of piperidine rings is 1. The van der Waals surface area contributed by atoms with E-state index in [1.807, 2.05) is 18.7 Å².